The molecule has 0 fully saturated rings. The monoisotopic (exact) mass is 333 g/mol. The summed E-state index contributed by atoms with van der Waals surface area (Å²) >= 11 is 12.5. The molecule has 0 radical (unpaired) electrons. The SMILES string of the molecule is CCCNC(Cc1c(Cl)cccc1Cl)C(OCC)OCC. The molecule has 1 N–H and O–H groups in total. The number of benzene rings is 1. The number of rotatable bonds is 10. The van der Waals surface area contributed by atoms with Crippen molar-refractivity contribution in [3.63, 3.8) is 0 Å². The standard InChI is InChI=1S/C16H25Cl2NO2/c1-4-10-19-15(16(20-5-2)21-6-3)11-12-13(17)8-7-9-14(12)18/h7-9,15-16,19H,4-6,10-11H2,1-3H3. The van der Waals surface area contributed by atoms with E-state index in [2.05, 4.69) is 12.2 Å². The molecule has 1 atom stereocenters. The number of ether oxygens (including phenoxy) is 2. The maximum atomic E-state index is 6.27. The van der Waals surface area contributed by atoms with Gasteiger partial charge < -0.3 is 14.8 Å². The third-order valence-electron chi connectivity index (χ3n) is 3.13. The van der Waals surface area contributed by atoms with E-state index in [4.69, 9.17) is 32.7 Å². The minimum Gasteiger partial charge on any atom is -0.351 e. The lowest BCUT2D eigenvalue weighted by Crippen LogP contribution is -2.45. The molecule has 0 aliphatic rings. The second kappa shape index (κ2) is 10.4. The Kier molecular flexibility index (Phi) is 9.29. The van der Waals surface area contributed by atoms with Crippen molar-refractivity contribution in [2.24, 2.45) is 0 Å². The maximum Gasteiger partial charge on any atom is 0.172 e. The van der Waals surface area contributed by atoms with Gasteiger partial charge >= 0.3 is 0 Å². The molecule has 0 amide bonds. The summed E-state index contributed by atoms with van der Waals surface area (Å²) in [7, 11) is 0. The van der Waals surface area contributed by atoms with Gasteiger partial charge in [-0.25, -0.2) is 0 Å². The quantitative estimate of drug-likeness (QED) is 0.647. The highest BCUT2D eigenvalue weighted by Crippen LogP contribution is 2.26. The molecule has 1 rings (SSSR count). The van der Waals surface area contributed by atoms with Gasteiger partial charge in [-0.1, -0.05) is 36.2 Å². The number of halogens is 2. The first-order valence-electron chi connectivity index (χ1n) is 7.53. The lowest BCUT2D eigenvalue weighted by atomic mass is 10.0. The van der Waals surface area contributed by atoms with E-state index < -0.39 is 0 Å². The van der Waals surface area contributed by atoms with Gasteiger partial charge in [0.15, 0.2) is 6.29 Å². The van der Waals surface area contributed by atoms with Crippen LogP contribution in [0.4, 0.5) is 0 Å². The first-order valence-corrected chi connectivity index (χ1v) is 8.29. The Morgan fingerprint density at radius 3 is 2.10 bits per heavy atom. The van der Waals surface area contributed by atoms with Gasteiger partial charge in [-0.15, -0.1) is 0 Å². The predicted octanol–water partition coefficient (Wildman–Crippen LogP) is 4.30. The Morgan fingerprint density at radius 1 is 1.05 bits per heavy atom. The molecular weight excluding hydrogens is 309 g/mol. The lowest BCUT2D eigenvalue weighted by Gasteiger charge is -2.28. The molecule has 0 aliphatic heterocycles. The molecule has 3 nitrogen and oxygen atoms in total. The van der Waals surface area contributed by atoms with Crippen LogP contribution in [0.2, 0.25) is 10.0 Å². The van der Waals surface area contributed by atoms with Crippen LogP contribution in [-0.4, -0.2) is 32.1 Å². The first-order chi connectivity index (χ1) is 10.1. The topological polar surface area (TPSA) is 30.5 Å². The van der Waals surface area contributed by atoms with Crippen LogP contribution in [0.5, 0.6) is 0 Å². The zero-order valence-corrected chi connectivity index (χ0v) is 14.5. The van der Waals surface area contributed by atoms with Crippen LogP contribution in [0.15, 0.2) is 18.2 Å². The molecule has 0 spiro atoms. The van der Waals surface area contributed by atoms with E-state index in [9.17, 15) is 0 Å². The highest BCUT2D eigenvalue weighted by Gasteiger charge is 2.24. The summed E-state index contributed by atoms with van der Waals surface area (Å²) in [6.07, 6.45) is 1.40. The lowest BCUT2D eigenvalue weighted by molar-refractivity contribution is -0.153. The Morgan fingerprint density at radius 2 is 1.62 bits per heavy atom. The van der Waals surface area contributed by atoms with Gasteiger partial charge in [0.25, 0.3) is 0 Å². The normalized spacial score (nSPS) is 12.9. The number of hydrogen-bond donors (Lipinski definition) is 1. The Hall–Kier alpha value is -0.320. The number of hydrogen-bond acceptors (Lipinski definition) is 3. The van der Waals surface area contributed by atoms with E-state index in [1.54, 1.807) is 0 Å². The van der Waals surface area contributed by atoms with E-state index in [0.29, 0.717) is 29.7 Å². The van der Waals surface area contributed by atoms with Crippen molar-refractivity contribution >= 4 is 23.2 Å². The zero-order chi connectivity index (χ0) is 15.7. The van der Waals surface area contributed by atoms with Crippen molar-refractivity contribution in [1.29, 1.82) is 0 Å². The molecule has 21 heavy (non-hydrogen) atoms. The van der Waals surface area contributed by atoms with Gasteiger partial charge in [0.1, 0.15) is 0 Å². The summed E-state index contributed by atoms with van der Waals surface area (Å²) in [5.74, 6) is 0. The fraction of sp³-hybridized carbons (Fsp3) is 0.625. The van der Waals surface area contributed by atoms with E-state index >= 15 is 0 Å². The third kappa shape index (κ3) is 6.13. The molecule has 0 saturated heterocycles. The highest BCUT2D eigenvalue weighted by atomic mass is 35.5. The first kappa shape index (κ1) is 18.7. The van der Waals surface area contributed by atoms with E-state index in [0.717, 1.165) is 18.5 Å². The molecule has 0 aromatic heterocycles. The van der Waals surface area contributed by atoms with Gasteiger partial charge in [0, 0.05) is 23.3 Å². The second-order valence-corrected chi connectivity index (χ2v) is 5.56. The van der Waals surface area contributed by atoms with Crippen LogP contribution in [0.3, 0.4) is 0 Å². The molecule has 0 aliphatic carbocycles. The fourth-order valence-electron chi connectivity index (χ4n) is 2.15. The summed E-state index contributed by atoms with van der Waals surface area (Å²) < 4.78 is 11.4. The van der Waals surface area contributed by atoms with Gasteiger partial charge in [-0.05, 0) is 50.9 Å². The molecule has 0 heterocycles. The number of nitrogens with one attached hydrogen (secondary N) is 1. The summed E-state index contributed by atoms with van der Waals surface area (Å²) in [5, 5.41) is 4.83. The smallest absolute Gasteiger partial charge is 0.172 e. The van der Waals surface area contributed by atoms with E-state index in [-0.39, 0.29) is 12.3 Å². The van der Waals surface area contributed by atoms with Crippen LogP contribution < -0.4 is 5.32 Å². The molecule has 120 valence electrons. The minimum atomic E-state index is -0.307. The fourth-order valence-corrected chi connectivity index (χ4v) is 2.70. The molecule has 0 saturated carbocycles. The molecule has 1 unspecified atom stereocenters. The Balaban J connectivity index is 2.90. The van der Waals surface area contributed by atoms with Gasteiger partial charge in [-0.3, -0.25) is 0 Å². The van der Waals surface area contributed by atoms with E-state index in [1.165, 1.54) is 0 Å². The molecular formula is C16H25Cl2NO2. The predicted molar refractivity (Wildman–Crippen MR) is 89.3 cm³/mol. The Labute approximate surface area is 137 Å². The van der Waals surface area contributed by atoms with Crippen LogP contribution in [0.1, 0.15) is 32.8 Å². The van der Waals surface area contributed by atoms with E-state index in [1.807, 2.05) is 32.0 Å². The third-order valence-corrected chi connectivity index (χ3v) is 3.84. The zero-order valence-electron chi connectivity index (χ0n) is 13.0. The van der Waals surface area contributed by atoms with Crippen molar-refractivity contribution in [1.82, 2.24) is 5.32 Å². The van der Waals surface area contributed by atoms with Crippen molar-refractivity contribution in [2.75, 3.05) is 19.8 Å². The molecule has 0 bridgehead atoms. The Bertz CT molecular complexity index is 389. The molecule has 1 aromatic carbocycles. The van der Waals surface area contributed by atoms with Crippen LogP contribution >= 0.6 is 23.2 Å². The molecule has 1 aromatic rings. The van der Waals surface area contributed by atoms with Crippen molar-refractivity contribution in [3.05, 3.63) is 33.8 Å². The summed E-state index contributed by atoms with van der Waals surface area (Å²) in [4.78, 5) is 0. The van der Waals surface area contributed by atoms with Crippen LogP contribution in [0, 0.1) is 0 Å². The van der Waals surface area contributed by atoms with Crippen molar-refractivity contribution in [3.8, 4) is 0 Å². The summed E-state index contributed by atoms with van der Waals surface area (Å²) in [5.41, 5.74) is 0.929. The van der Waals surface area contributed by atoms with Crippen molar-refractivity contribution < 1.29 is 9.47 Å². The van der Waals surface area contributed by atoms with Crippen molar-refractivity contribution in [2.45, 2.75) is 45.9 Å². The average molecular weight is 334 g/mol. The van der Waals surface area contributed by atoms with Crippen LogP contribution in [-0.2, 0) is 15.9 Å². The van der Waals surface area contributed by atoms with Gasteiger partial charge in [0.05, 0.1) is 6.04 Å². The second-order valence-electron chi connectivity index (χ2n) is 4.74. The minimum absolute atomic E-state index is 0.0160. The van der Waals surface area contributed by atoms with Gasteiger partial charge in [0.2, 0.25) is 0 Å². The average Bonchev–Trinajstić information content (AvgIpc) is 2.46. The van der Waals surface area contributed by atoms with Gasteiger partial charge in [-0.2, -0.15) is 0 Å². The highest BCUT2D eigenvalue weighted by molar-refractivity contribution is 6.36. The van der Waals surface area contributed by atoms with Crippen LogP contribution in [0.25, 0.3) is 0 Å². The maximum absolute atomic E-state index is 6.27. The summed E-state index contributed by atoms with van der Waals surface area (Å²) in [6.45, 7) is 8.15. The summed E-state index contributed by atoms with van der Waals surface area (Å²) in [6, 6.07) is 5.58. The largest absolute Gasteiger partial charge is 0.351 e. The molecule has 5 heteroatoms.